The second-order valence-corrected chi connectivity index (χ2v) is 9.55. The molecule has 0 saturated heterocycles. The van der Waals surface area contributed by atoms with Gasteiger partial charge in [-0.05, 0) is 36.5 Å². The predicted molar refractivity (Wildman–Crippen MR) is 99.6 cm³/mol. The Balaban J connectivity index is 1.81. The van der Waals surface area contributed by atoms with Crippen molar-refractivity contribution in [2.45, 2.75) is 42.6 Å². The van der Waals surface area contributed by atoms with Gasteiger partial charge in [-0.25, -0.2) is 13.6 Å². The van der Waals surface area contributed by atoms with E-state index in [4.69, 9.17) is 5.14 Å². The number of primary sulfonamides is 1. The number of sulfonamides is 1. The molecule has 1 fully saturated rings. The van der Waals surface area contributed by atoms with Crippen molar-refractivity contribution in [1.82, 2.24) is 4.90 Å². The number of hydrogen-bond acceptors (Lipinski definition) is 5. The molecule has 1 atom stereocenters. The lowest BCUT2D eigenvalue weighted by Gasteiger charge is -2.40. The van der Waals surface area contributed by atoms with Gasteiger partial charge in [-0.15, -0.1) is 11.3 Å². The van der Waals surface area contributed by atoms with Gasteiger partial charge in [0.2, 0.25) is 10.0 Å². The van der Waals surface area contributed by atoms with E-state index in [0.717, 1.165) is 24.3 Å². The third kappa shape index (κ3) is 4.68. The predicted octanol–water partition coefficient (Wildman–Crippen LogP) is 2.56. The zero-order chi connectivity index (χ0) is 17.9. The molecule has 1 heterocycles. The number of nitrogens with two attached hydrogens (primary N) is 1. The molecule has 1 aromatic heterocycles. The molecule has 3 rings (SSSR count). The summed E-state index contributed by atoms with van der Waals surface area (Å²) >= 11 is 1.21. The minimum atomic E-state index is -3.66. The molecule has 1 saturated carbocycles. The van der Waals surface area contributed by atoms with Gasteiger partial charge in [-0.2, -0.15) is 0 Å². The quantitative estimate of drug-likeness (QED) is 0.737. The lowest BCUT2D eigenvalue weighted by molar-refractivity contribution is 0.0382. The van der Waals surface area contributed by atoms with Gasteiger partial charge in [-0.3, -0.25) is 4.90 Å². The topological polar surface area (TPSA) is 83.6 Å². The van der Waals surface area contributed by atoms with Crippen molar-refractivity contribution in [3.8, 4) is 0 Å². The Morgan fingerprint density at radius 1 is 1.16 bits per heavy atom. The van der Waals surface area contributed by atoms with Gasteiger partial charge in [0.1, 0.15) is 4.21 Å². The first-order chi connectivity index (χ1) is 12.0. The van der Waals surface area contributed by atoms with Gasteiger partial charge in [0.25, 0.3) is 0 Å². The van der Waals surface area contributed by atoms with E-state index >= 15 is 0 Å². The van der Waals surface area contributed by atoms with Crippen molar-refractivity contribution in [2.75, 3.05) is 6.61 Å². The Bertz CT molecular complexity index is 786. The monoisotopic (exact) mass is 380 g/mol. The fourth-order valence-corrected chi connectivity index (χ4v) is 5.10. The van der Waals surface area contributed by atoms with Gasteiger partial charge >= 0.3 is 0 Å². The molecule has 1 aromatic carbocycles. The van der Waals surface area contributed by atoms with E-state index < -0.39 is 10.0 Å². The summed E-state index contributed by atoms with van der Waals surface area (Å²) in [6.45, 7) is 1.45. The molecule has 1 aliphatic carbocycles. The van der Waals surface area contributed by atoms with E-state index in [0.29, 0.717) is 12.5 Å². The van der Waals surface area contributed by atoms with E-state index in [1.165, 1.54) is 23.3 Å². The Kier molecular flexibility index (Phi) is 5.91. The Labute approximate surface area is 153 Å². The zero-order valence-electron chi connectivity index (χ0n) is 14.0. The molecule has 0 bridgehead atoms. The van der Waals surface area contributed by atoms with E-state index in [-0.39, 0.29) is 16.9 Å². The van der Waals surface area contributed by atoms with Crippen LogP contribution >= 0.6 is 11.3 Å². The molecule has 5 nitrogen and oxygen atoms in total. The minimum absolute atomic E-state index is 0.0917. The van der Waals surface area contributed by atoms with Crippen molar-refractivity contribution < 1.29 is 13.5 Å². The fraction of sp³-hybridized carbons (Fsp3) is 0.444. The molecule has 1 unspecified atom stereocenters. The molecule has 3 N–H and O–H groups in total. The summed E-state index contributed by atoms with van der Waals surface area (Å²) in [5, 5.41) is 15.2. The lowest BCUT2D eigenvalue weighted by Crippen LogP contribution is -2.44. The van der Waals surface area contributed by atoms with Gasteiger partial charge < -0.3 is 5.11 Å². The highest BCUT2D eigenvalue weighted by atomic mass is 32.2. The fourth-order valence-electron chi connectivity index (χ4n) is 3.29. The van der Waals surface area contributed by atoms with Gasteiger partial charge in [0.15, 0.2) is 0 Å². The third-order valence-electron chi connectivity index (χ3n) is 4.85. The maximum Gasteiger partial charge on any atom is 0.247 e. The van der Waals surface area contributed by atoms with Crippen LogP contribution in [0, 0.1) is 5.92 Å². The average molecular weight is 381 g/mol. The van der Waals surface area contributed by atoms with Crippen LogP contribution in [-0.4, -0.2) is 31.1 Å². The highest BCUT2D eigenvalue weighted by molar-refractivity contribution is 7.91. The van der Waals surface area contributed by atoms with Crippen molar-refractivity contribution in [3.63, 3.8) is 0 Å². The first-order valence-electron chi connectivity index (χ1n) is 8.47. The van der Waals surface area contributed by atoms with Crippen LogP contribution < -0.4 is 5.14 Å². The summed E-state index contributed by atoms with van der Waals surface area (Å²) in [6, 6.07) is 13.6. The number of nitrogens with zero attached hydrogens (tertiary/aromatic N) is 1. The summed E-state index contributed by atoms with van der Waals surface area (Å²) in [7, 11) is -3.66. The zero-order valence-corrected chi connectivity index (χ0v) is 15.7. The normalized spacial score (nSPS) is 16.8. The molecule has 25 heavy (non-hydrogen) atoms. The molecule has 0 amide bonds. The third-order valence-corrected chi connectivity index (χ3v) is 7.36. The van der Waals surface area contributed by atoms with E-state index in [9.17, 15) is 13.5 Å². The van der Waals surface area contributed by atoms with E-state index in [1.54, 1.807) is 6.07 Å². The number of aliphatic hydroxyl groups excluding tert-OH is 1. The molecular weight excluding hydrogens is 356 g/mol. The van der Waals surface area contributed by atoms with Crippen LogP contribution in [0.5, 0.6) is 0 Å². The molecular formula is C18H24N2O3S2. The lowest BCUT2D eigenvalue weighted by atomic mass is 9.79. The van der Waals surface area contributed by atoms with E-state index in [2.05, 4.69) is 17.0 Å². The summed E-state index contributed by atoms with van der Waals surface area (Å²) in [4.78, 5) is 3.20. The second-order valence-electron chi connectivity index (χ2n) is 6.60. The molecule has 0 radical (unpaired) electrons. The molecule has 136 valence electrons. The smallest absolute Gasteiger partial charge is 0.247 e. The van der Waals surface area contributed by atoms with Crippen molar-refractivity contribution in [2.24, 2.45) is 11.1 Å². The standard InChI is InChI=1S/C18H24N2O3S2/c19-25(22,23)18-10-9-16(24-18)12-20(11-14-5-2-1-3-6-14)17(13-21)15-7-4-8-15/h1-3,5-6,9-10,15,17,21H,4,7-8,11-13H2,(H2,19,22,23). The first-order valence-corrected chi connectivity index (χ1v) is 10.8. The molecule has 1 aliphatic rings. The van der Waals surface area contributed by atoms with Crippen LogP contribution in [-0.2, 0) is 23.1 Å². The van der Waals surface area contributed by atoms with Crippen LogP contribution in [0.1, 0.15) is 29.7 Å². The number of benzene rings is 1. The molecule has 2 aromatic rings. The highest BCUT2D eigenvalue weighted by Gasteiger charge is 2.31. The number of hydrogen-bond donors (Lipinski definition) is 2. The Hall–Kier alpha value is -1.25. The van der Waals surface area contributed by atoms with Crippen molar-refractivity contribution in [1.29, 1.82) is 0 Å². The summed E-state index contributed by atoms with van der Waals surface area (Å²) in [6.07, 6.45) is 3.50. The van der Waals surface area contributed by atoms with Crippen molar-refractivity contribution >= 4 is 21.4 Å². The Morgan fingerprint density at radius 3 is 2.40 bits per heavy atom. The number of rotatable bonds is 8. The minimum Gasteiger partial charge on any atom is -0.395 e. The first kappa shape index (κ1) is 18.5. The van der Waals surface area contributed by atoms with Crippen LogP contribution in [0.4, 0.5) is 0 Å². The van der Waals surface area contributed by atoms with Crippen LogP contribution in [0.3, 0.4) is 0 Å². The van der Waals surface area contributed by atoms with Gasteiger partial charge in [0.05, 0.1) is 6.61 Å². The maximum atomic E-state index is 11.5. The van der Waals surface area contributed by atoms with Crippen LogP contribution in [0.25, 0.3) is 0 Å². The maximum absolute atomic E-state index is 11.5. The second kappa shape index (κ2) is 7.97. The van der Waals surface area contributed by atoms with Gasteiger partial charge in [-0.1, -0.05) is 36.8 Å². The highest BCUT2D eigenvalue weighted by Crippen LogP contribution is 2.34. The average Bonchev–Trinajstić information content (AvgIpc) is 3.00. The molecule has 7 heteroatoms. The SMILES string of the molecule is NS(=O)(=O)c1ccc(CN(Cc2ccccc2)C(CO)C2CCC2)s1. The van der Waals surface area contributed by atoms with Crippen molar-refractivity contribution in [3.05, 3.63) is 52.9 Å². The Morgan fingerprint density at radius 2 is 1.88 bits per heavy atom. The molecule has 0 aliphatic heterocycles. The van der Waals surface area contributed by atoms with Crippen LogP contribution in [0.15, 0.2) is 46.7 Å². The van der Waals surface area contributed by atoms with Gasteiger partial charge in [0, 0.05) is 24.0 Å². The number of aliphatic hydroxyl groups is 1. The molecule has 0 spiro atoms. The number of thiophene rings is 1. The van der Waals surface area contributed by atoms with Crippen LogP contribution in [0.2, 0.25) is 0 Å². The largest absolute Gasteiger partial charge is 0.395 e. The summed E-state index contributed by atoms with van der Waals surface area (Å²) in [5.41, 5.74) is 1.18. The van der Waals surface area contributed by atoms with E-state index in [1.807, 2.05) is 24.3 Å². The summed E-state index contributed by atoms with van der Waals surface area (Å²) < 4.78 is 23.2. The summed E-state index contributed by atoms with van der Waals surface area (Å²) in [5.74, 6) is 0.506.